The van der Waals surface area contributed by atoms with Crippen LogP contribution in [0.3, 0.4) is 0 Å². The summed E-state index contributed by atoms with van der Waals surface area (Å²) < 4.78 is 1.69. The minimum atomic E-state index is -0.0605. The number of aryl methyl sites for hydroxylation is 1. The molecular weight excluding hydrogens is 266 g/mol. The highest BCUT2D eigenvalue weighted by atomic mass is 16.1. The first-order chi connectivity index (χ1) is 10.2. The van der Waals surface area contributed by atoms with Gasteiger partial charge < -0.3 is 10.6 Å². The normalized spacial score (nSPS) is 10.4. The number of anilines is 1. The van der Waals surface area contributed by atoms with Crippen LogP contribution < -0.4 is 10.6 Å². The molecule has 1 aromatic heterocycles. The van der Waals surface area contributed by atoms with Crippen LogP contribution in [0.2, 0.25) is 0 Å². The fourth-order valence-electron chi connectivity index (χ4n) is 2.03. The van der Waals surface area contributed by atoms with Crippen LogP contribution in [0.4, 0.5) is 5.69 Å². The summed E-state index contributed by atoms with van der Waals surface area (Å²) in [6.45, 7) is 6.14. The zero-order chi connectivity index (χ0) is 15.1. The maximum Gasteiger partial charge on any atom is 0.251 e. The third kappa shape index (κ3) is 4.30. The smallest absolute Gasteiger partial charge is 0.251 e. The molecule has 6 heteroatoms. The van der Waals surface area contributed by atoms with Crippen LogP contribution in [-0.4, -0.2) is 34.0 Å². The third-order valence-corrected chi connectivity index (χ3v) is 3.15. The van der Waals surface area contributed by atoms with Gasteiger partial charge in [-0.05, 0) is 37.1 Å². The summed E-state index contributed by atoms with van der Waals surface area (Å²) in [5.74, 6) is -0.0605. The Balaban J connectivity index is 1.89. The number of hydrogen-bond acceptors (Lipinski definition) is 4. The molecule has 0 unspecified atom stereocenters. The number of amides is 1. The van der Waals surface area contributed by atoms with E-state index in [0.29, 0.717) is 18.7 Å². The number of nitrogens with zero attached hydrogens (tertiary/aromatic N) is 3. The van der Waals surface area contributed by atoms with E-state index in [1.165, 1.54) is 0 Å². The van der Waals surface area contributed by atoms with Gasteiger partial charge in [0.15, 0.2) is 0 Å². The Labute approximate surface area is 124 Å². The van der Waals surface area contributed by atoms with Gasteiger partial charge in [0, 0.05) is 30.5 Å². The van der Waals surface area contributed by atoms with Gasteiger partial charge in [0.2, 0.25) is 0 Å². The van der Waals surface area contributed by atoms with Crippen molar-refractivity contribution in [2.24, 2.45) is 0 Å². The number of carbonyl (C=O) groups excluding carboxylic acids is 1. The molecule has 0 radical (unpaired) electrons. The van der Waals surface area contributed by atoms with Crippen molar-refractivity contribution >= 4 is 11.6 Å². The van der Waals surface area contributed by atoms with Crippen molar-refractivity contribution in [3.63, 3.8) is 0 Å². The predicted octanol–water partition coefficient (Wildman–Crippen LogP) is 1.84. The van der Waals surface area contributed by atoms with Crippen molar-refractivity contribution < 1.29 is 4.79 Å². The summed E-state index contributed by atoms with van der Waals surface area (Å²) in [4.78, 5) is 12.1. The molecular formula is C15H21N5O. The number of nitrogens with one attached hydrogen (secondary N) is 2. The van der Waals surface area contributed by atoms with E-state index in [2.05, 4.69) is 27.9 Å². The van der Waals surface area contributed by atoms with Gasteiger partial charge in [0.25, 0.3) is 5.91 Å². The number of carbonyl (C=O) groups is 1. The summed E-state index contributed by atoms with van der Waals surface area (Å²) in [6.07, 6.45) is 4.46. The first kappa shape index (κ1) is 15.0. The van der Waals surface area contributed by atoms with Gasteiger partial charge in [-0.3, -0.25) is 9.48 Å². The van der Waals surface area contributed by atoms with Crippen LogP contribution in [0, 0.1) is 6.92 Å². The second-order valence-corrected chi connectivity index (χ2v) is 4.88. The Morgan fingerprint density at radius 2 is 2.19 bits per heavy atom. The molecule has 0 aliphatic rings. The topological polar surface area (TPSA) is 71.8 Å². The molecule has 2 rings (SSSR count). The molecule has 21 heavy (non-hydrogen) atoms. The zero-order valence-corrected chi connectivity index (χ0v) is 12.5. The fourth-order valence-corrected chi connectivity index (χ4v) is 2.03. The molecule has 6 nitrogen and oxygen atoms in total. The average Bonchev–Trinajstić information content (AvgIpc) is 2.98. The standard InChI is InChI=1S/C15H21N5O/c1-3-6-16-13-4-5-14(12(2)11-13)15(21)17-7-9-20-10-8-18-19-20/h4-5,8,10-11,16H,3,6-7,9H2,1-2H3,(H,17,21). The zero-order valence-electron chi connectivity index (χ0n) is 12.5. The Morgan fingerprint density at radius 1 is 1.33 bits per heavy atom. The predicted molar refractivity (Wildman–Crippen MR) is 82.3 cm³/mol. The Morgan fingerprint density at radius 3 is 2.86 bits per heavy atom. The van der Waals surface area contributed by atoms with E-state index in [4.69, 9.17) is 0 Å². The first-order valence-corrected chi connectivity index (χ1v) is 7.17. The second-order valence-electron chi connectivity index (χ2n) is 4.88. The SMILES string of the molecule is CCCNc1ccc(C(=O)NCCn2ccnn2)c(C)c1. The molecule has 0 spiro atoms. The number of rotatable bonds is 7. The largest absolute Gasteiger partial charge is 0.385 e. The van der Waals surface area contributed by atoms with Gasteiger partial charge in [-0.2, -0.15) is 0 Å². The minimum absolute atomic E-state index is 0.0605. The Hall–Kier alpha value is -2.37. The summed E-state index contributed by atoms with van der Waals surface area (Å²) in [7, 11) is 0. The minimum Gasteiger partial charge on any atom is -0.385 e. The number of aromatic nitrogens is 3. The molecule has 112 valence electrons. The number of benzene rings is 1. The summed E-state index contributed by atoms with van der Waals surface area (Å²) in [6, 6.07) is 5.80. The molecule has 0 saturated heterocycles. The first-order valence-electron chi connectivity index (χ1n) is 7.17. The molecule has 0 fully saturated rings. The van der Waals surface area contributed by atoms with Gasteiger partial charge in [-0.1, -0.05) is 12.1 Å². The van der Waals surface area contributed by atoms with Crippen molar-refractivity contribution in [3.8, 4) is 0 Å². The van der Waals surface area contributed by atoms with Crippen molar-refractivity contribution in [1.82, 2.24) is 20.3 Å². The highest BCUT2D eigenvalue weighted by Gasteiger charge is 2.08. The monoisotopic (exact) mass is 287 g/mol. The molecule has 0 aliphatic carbocycles. The van der Waals surface area contributed by atoms with Gasteiger partial charge in [0.1, 0.15) is 0 Å². The van der Waals surface area contributed by atoms with Gasteiger partial charge >= 0.3 is 0 Å². The van der Waals surface area contributed by atoms with Gasteiger partial charge in [0.05, 0.1) is 12.7 Å². The molecule has 2 N–H and O–H groups in total. The lowest BCUT2D eigenvalue weighted by atomic mass is 10.1. The molecule has 1 aromatic carbocycles. The molecule has 1 amide bonds. The van der Waals surface area contributed by atoms with Crippen LogP contribution >= 0.6 is 0 Å². The highest BCUT2D eigenvalue weighted by Crippen LogP contribution is 2.15. The summed E-state index contributed by atoms with van der Waals surface area (Å²) in [5.41, 5.74) is 2.72. The molecule has 1 heterocycles. The summed E-state index contributed by atoms with van der Waals surface area (Å²) in [5, 5.41) is 13.8. The van der Waals surface area contributed by atoms with E-state index < -0.39 is 0 Å². The van der Waals surface area contributed by atoms with E-state index in [0.717, 1.165) is 24.2 Å². The Kier molecular flexibility index (Phi) is 5.31. The van der Waals surface area contributed by atoms with Crippen LogP contribution in [-0.2, 0) is 6.54 Å². The summed E-state index contributed by atoms with van der Waals surface area (Å²) >= 11 is 0. The van der Waals surface area contributed by atoms with Crippen LogP contribution in [0.25, 0.3) is 0 Å². The molecule has 0 saturated carbocycles. The Bertz CT molecular complexity index is 580. The van der Waals surface area contributed by atoms with Crippen molar-refractivity contribution in [1.29, 1.82) is 0 Å². The average molecular weight is 287 g/mol. The quantitative estimate of drug-likeness (QED) is 0.815. The van der Waals surface area contributed by atoms with Crippen molar-refractivity contribution in [3.05, 3.63) is 41.7 Å². The molecule has 0 bridgehead atoms. The van der Waals surface area contributed by atoms with E-state index >= 15 is 0 Å². The fraction of sp³-hybridized carbons (Fsp3) is 0.400. The molecule has 0 atom stereocenters. The van der Waals surface area contributed by atoms with E-state index in [-0.39, 0.29) is 5.91 Å². The lowest BCUT2D eigenvalue weighted by Gasteiger charge is -2.10. The van der Waals surface area contributed by atoms with E-state index in [9.17, 15) is 4.79 Å². The second kappa shape index (κ2) is 7.42. The molecule has 0 aliphatic heterocycles. The molecule has 2 aromatic rings. The maximum absolute atomic E-state index is 12.1. The van der Waals surface area contributed by atoms with E-state index in [1.807, 2.05) is 25.1 Å². The van der Waals surface area contributed by atoms with Gasteiger partial charge in [-0.15, -0.1) is 5.10 Å². The third-order valence-electron chi connectivity index (χ3n) is 3.15. The van der Waals surface area contributed by atoms with Crippen LogP contribution in [0.1, 0.15) is 29.3 Å². The van der Waals surface area contributed by atoms with E-state index in [1.54, 1.807) is 17.1 Å². The lowest BCUT2D eigenvalue weighted by Crippen LogP contribution is -2.28. The number of hydrogen-bond donors (Lipinski definition) is 2. The van der Waals surface area contributed by atoms with Crippen LogP contribution in [0.5, 0.6) is 0 Å². The van der Waals surface area contributed by atoms with Gasteiger partial charge in [-0.25, -0.2) is 0 Å². The maximum atomic E-state index is 12.1. The van der Waals surface area contributed by atoms with Crippen LogP contribution in [0.15, 0.2) is 30.6 Å². The van der Waals surface area contributed by atoms with Crippen molar-refractivity contribution in [2.45, 2.75) is 26.8 Å². The highest BCUT2D eigenvalue weighted by molar-refractivity contribution is 5.96. The van der Waals surface area contributed by atoms with Crippen molar-refractivity contribution in [2.75, 3.05) is 18.4 Å². The lowest BCUT2D eigenvalue weighted by molar-refractivity contribution is 0.0951.